The summed E-state index contributed by atoms with van der Waals surface area (Å²) in [6, 6.07) is 7.27. The van der Waals surface area contributed by atoms with Crippen molar-refractivity contribution in [3.05, 3.63) is 57.3 Å². The Bertz CT molecular complexity index is 723. The van der Waals surface area contributed by atoms with Gasteiger partial charge in [-0.15, -0.1) is 11.3 Å². The van der Waals surface area contributed by atoms with Crippen molar-refractivity contribution in [2.24, 2.45) is 5.73 Å². The predicted molar refractivity (Wildman–Crippen MR) is 101 cm³/mol. The summed E-state index contributed by atoms with van der Waals surface area (Å²) in [7, 11) is 0. The van der Waals surface area contributed by atoms with Crippen molar-refractivity contribution in [2.45, 2.75) is 51.0 Å². The first-order valence-corrected chi connectivity index (χ1v) is 9.57. The van der Waals surface area contributed by atoms with Crippen molar-refractivity contribution < 1.29 is 18.7 Å². The number of hydrogen-bond donors (Lipinski definition) is 2. The molecule has 2 aromatic rings. The van der Waals surface area contributed by atoms with Gasteiger partial charge < -0.3 is 10.8 Å². The van der Waals surface area contributed by atoms with Gasteiger partial charge in [0.25, 0.3) is 0 Å². The molecule has 0 radical (unpaired) electrons. The number of hydrogen-bond acceptors (Lipinski definition) is 4. The molecule has 0 aliphatic carbocycles. The third-order valence-electron chi connectivity index (χ3n) is 4.28. The quantitative estimate of drug-likeness (QED) is 0.477. The molecule has 0 aliphatic rings. The highest BCUT2D eigenvalue weighted by Gasteiger charge is 2.17. The fourth-order valence-electron chi connectivity index (χ4n) is 2.64. The number of halogens is 2. The third-order valence-corrected chi connectivity index (χ3v) is 5.47. The van der Waals surface area contributed by atoms with Crippen molar-refractivity contribution in [2.75, 3.05) is 6.61 Å². The van der Waals surface area contributed by atoms with E-state index < -0.39 is 17.2 Å². The van der Waals surface area contributed by atoms with Crippen LogP contribution in [0.15, 0.2) is 30.3 Å². The van der Waals surface area contributed by atoms with E-state index in [1.807, 2.05) is 12.1 Å². The van der Waals surface area contributed by atoms with Gasteiger partial charge in [-0.1, -0.05) is 0 Å². The first-order chi connectivity index (χ1) is 12.3. The van der Waals surface area contributed by atoms with Gasteiger partial charge in [-0.05, 0) is 68.9 Å². The molecule has 0 bridgehead atoms. The molecule has 0 aliphatic heterocycles. The molecule has 1 aromatic carbocycles. The van der Waals surface area contributed by atoms with Gasteiger partial charge >= 0.3 is 0 Å². The van der Waals surface area contributed by atoms with E-state index in [-0.39, 0.29) is 12.4 Å². The second-order valence-electron chi connectivity index (χ2n) is 6.99. The van der Waals surface area contributed by atoms with E-state index >= 15 is 0 Å². The predicted octanol–water partition coefficient (Wildman–Crippen LogP) is 4.26. The van der Waals surface area contributed by atoms with Crippen molar-refractivity contribution in [3.8, 4) is 0 Å². The number of rotatable bonds is 10. The van der Waals surface area contributed by atoms with Crippen LogP contribution in [0.1, 0.15) is 52.7 Å². The van der Waals surface area contributed by atoms with Gasteiger partial charge in [0.15, 0.2) is 5.78 Å². The average molecular weight is 381 g/mol. The fraction of sp³-hybridized carbons (Fsp3) is 0.450. The number of Topliss-reactive ketones (excluding diaryl/α,β-unsaturated/α-hetero) is 1. The number of aliphatic hydroxyl groups excluding tert-OH is 1. The van der Waals surface area contributed by atoms with Crippen molar-refractivity contribution in [1.82, 2.24) is 0 Å². The SMILES string of the molecule is CC(N)(CO)CCc1ccc(C(=O)CCCCc2cc(F)cc(F)c2)s1. The lowest BCUT2D eigenvalue weighted by Crippen LogP contribution is -2.40. The highest BCUT2D eigenvalue weighted by molar-refractivity contribution is 7.14. The number of thiophene rings is 1. The summed E-state index contributed by atoms with van der Waals surface area (Å²) < 4.78 is 26.3. The van der Waals surface area contributed by atoms with Crippen LogP contribution < -0.4 is 5.73 Å². The number of nitrogens with two attached hydrogens (primary N) is 1. The van der Waals surface area contributed by atoms with Gasteiger partial charge in [0.05, 0.1) is 11.5 Å². The van der Waals surface area contributed by atoms with E-state index in [4.69, 9.17) is 5.73 Å². The zero-order valence-electron chi connectivity index (χ0n) is 14.9. The van der Waals surface area contributed by atoms with Crippen LogP contribution in [0.25, 0.3) is 0 Å². The summed E-state index contributed by atoms with van der Waals surface area (Å²) in [5.41, 5.74) is 5.93. The maximum atomic E-state index is 13.1. The molecule has 142 valence electrons. The number of unbranched alkanes of at least 4 members (excludes halogenated alkanes) is 1. The molecule has 0 saturated carbocycles. The molecule has 2 rings (SSSR count). The average Bonchev–Trinajstić information content (AvgIpc) is 3.05. The van der Waals surface area contributed by atoms with Crippen LogP contribution in [0.2, 0.25) is 0 Å². The molecule has 1 heterocycles. The Morgan fingerprint density at radius 1 is 1.15 bits per heavy atom. The lowest BCUT2D eigenvalue weighted by atomic mass is 9.98. The molecular formula is C20H25F2NO2S. The molecule has 0 spiro atoms. The Hall–Kier alpha value is -1.63. The molecule has 0 fully saturated rings. The van der Waals surface area contributed by atoms with Crippen LogP contribution in [0.3, 0.4) is 0 Å². The number of carbonyl (C=O) groups excluding carboxylic acids is 1. The minimum absolute atomic E-state index is 0.0701. The first kappa shape index (κ1) is 20.7. The molecule has 26 heavy (non-hydrogen) atoms. The minimum atomic E-state index is -0.607. The van der Waals surface area contributed by atoms with Gasteiger partial charge in [-0.25, -0.2) is 8.78 Å². The first-order valence-electron chi connectivity index (χ1n) is 8.76. The van der Waals surface area contributed by atoms with Gasteiger partial charge in [-0.2, -0.15) is 0 Å². The van der Waals surface area contributed by atoms with Crippen LogP contribution in [0, 0.1) is 11.6 Å². The normalized spacial score (nSPS) is 13.6. The highest BCUT2D eigenvalue weighted by atomic mass is 32.1. The van der Waals surface area contributed by atoms with Crippen LogP contribution >= 0.6 is 11.3 Å². The second kappa shape index (κ2) is 9.35. The van der Waals surface area contributed by atoms with E-state index in [0.29, 0.717) is 37.7 Å². The minimum Gasteiger partial charge on any atom is -0.394 e. The molecule has 1 aromatic heterocycles. The summed E-state index contributed by atoms with van der Waals surface area (Å²) in [6.07, 6.45) is 3.74. The summed E-state index contributed by atoms with van der Waals surface area (Å²) in [5.74, 6) is -1.06. The van der Waals surface area contributed by atoms with E-state index in [1.165, 1.54) is 23.5 Å². The van der Waals surface area contributed by atoms with Crippen molar-refractivity contribution >= 4 is 17.1 Å². The maximum absolute atomic E-state index is 13.1. The van der Waals surface area contributed by atoms with Gasteiger partial charge in [0, 0.05) is 22.9 Å². The molecule has 0 amide bonds. The van der Waals surface area contributed by atoms with E-state index in [0.717, 1.165) is 22.2 Å². The van der Waals surface area contributed by atoms with Gasteiger partial charge in [0.2, 0.25) is 0 Å². The summed E-state index contributed by atoms with van der Waals surface area (Å²) in [6.45, 7) is 1.73. The summed E-state index contributed by atoms with van der Waals surface area (Å²) in [4.78, 5) is 14.1. The fourth-order valence-corrected chi connectivity index (χ4v) is 3.62. The summed E-state index contributed by atoms with van der Waals surface area (Å²) >= 11 is 1.46. The topological polar surface area (TPSA) is 63.3 Å². The lowest BCUT2D eigenvalue weighted by molar-refractivity contribution is 0.0983. The lowest BCUT2D eigenvalue weighted by Gasteiger charge is -2.20. The van der Waals surface area contributed by atoms with Gasteiger partial charge in [-0.3, -0.25) is 4.79 Å². The monoisotopic (exact) mass is 381 g/mol. The Kier molecular flexibility index (Phi) is 7.43. The standard InChI is InChI=1S/C20H25F2NO2S/c1-20(23,13-24)9-8-17-6-7-19(26-17)18(25)5-3-2-4-14-10-15(21)12-16(22)11-14/h6-7,10-12,24H,2-5,8-9,13,23H2,1H3. The molecule has 0 saturated heterocycles. The third kappa shape index (κ3) is 6.59. The molecular weight excluding hydrogens is 356 g/mol. The Balaban J connectivity index is 1.76. The van der Waals surface area contributed by atoms with Crippen molar-refractivity contribution in [3.63, 3.8) is 0 Å². The molecule has 3 N–H and O–H groups in total. The molecule has 6 heteroatoms. The number of benzene rings is 1. The van der Waals surface area contributed by atoms with Crippen LogP contribution in [0.5, 0.6) is 0 Å². The smallest absolute Gasteiger partial charge is 0.172 e. The van der Waals surface area contributed by atoms with Gasteiger partial charge in [0.1, 0.15) is 11.6 Å². The molecule has 1 unspecified atom stereocenters. The van der Waals surface area contributed by atoms with Crippen LogP contribution in [0.4, 0.5) is 8.78 Å². The zero-order chi connectivity index (χ0) is 19.2. The number of carbonyl (C=O) groups is 1. The molecule has 3 nitrogen and oxygen atoms in total. The van der Waals surface area contributed by atoms with Crippen LogP contribution in [-0.2, 0) is 12.8 Å². The van der Waals surface area contributed by atoms with Crippen LogP contribution in [-0.4, -0.2) is 23.0 Å². The number of aryl methyl sites for hydroxylation is 2. The Labute approximate surface area is 156 Å². The number of aliphatic hydroxyl groups is 1. The Morgan fingerprint density at radius 2 is 1.85 bits per heavy atom. The molecule has 1 atom stereocenters. The number of ketones is 1. The largest absolute Gasteiger partial charge is 0.394 e. The van der Waals surface area contributed by atoms with E-state index in [1.54, 1.807) is 6.92 Å². The summed E-state index contributed by atoms with van der Waals surface area (Å²) in [5, 5.41) is 9.18. The maximum Gasteiger partial charge on any atom is 0.172 e. The second-order valence-corrected chi connectivity index (χ2v) is 8.15. The van der Waals surface area contributed by atoms with E-state index in [2.05, 4.69) is 0 Å². The van der Waals surface area contributed by atoms with Crippen molar-refractivity contribution in [1.29, 1.82) is 0 Å². The highest BCUT2D eigenvalue weighted by Crippen LogP contribution is 2.22. The Morgan fingerprint density at radius 3 is 2.50 bits per heavy atom. The van der Waals surface area contributed by atoms with E-state index in [9.17, 15) is 18.7 Å². The zero-order valence-corrected chi connectivity index (χ0v) is 15.7.